The number of thiophene rings is 1. The van der Waals surface area contributed by atoms with E-state index in [2.05, 4.69) is 18.0 Å². The number of hydrogen-bond donors (Lipinski definition) is 0. The minimum absolute atomic E-state index is 0.126. The Morgan fingerprint density at radius 3 is 2.75 bits per heavy atom. The number of sulfonamides is 1. The van der Waals surface area contributed by atoms with Crippen molar-refractivity contribution >= 4 is 65.6 Å². The highest BCUT2D eigenvalue weighted by Crippen LogP contribution is 2.35. The highest BCUT2D eigenvalue weighted by atomic mass is 35.5. The molecular weight excluding hydrogens is 536 g/mol. The molecule has 0 spiro atoms. The van der Waals surface area contributed by atoms with E-state index >= 15 is 0 Å². The van der Waals surface area contributed by atoms with Gasteiger partial charge in [0, 0.05) is 19.3 Å². The summed E-state index contributed by atoms with van der Waals surface area (Å²) in [5.41, 5.74) is 2.78. The maximum Gasteiger partial charge on any atom is 0.252 e. The van der Waals surface area contributed by atoms with E-state index in [0.717, 1.165) is 39.2 Å². The van der Waals surface area contributed by atoms with Crippen LogP contribution in [0.1, 0.15) is 31.0 Å². The monoisotopic (exact) mass is 560 g/mol. The second-order valence-corrected chi connectivity index (χ2v) is 13.5. The standard InChI is InChI=1S/C25H25ClN4O3S3/c1-2-17-7-5-10-20-23(17)28-25(34-20)30(16-19-9-3-4-13-27-19)24(31)18-8-6-14-29(15-18)36(32,33)22-12-11-21(26)35-22/h3-5,7,9-13,18H,2,6,8,14-16H2,1H3. The fourth-order valence-electron chi connectivity index (χ4n) is 4.43. The van der Waals surface area contributed by atoms with Gasteiger partial charge in [-0.05, 0) is 55.2 Å². The lowest BCUT2D eigenvalue weighted by molar-refractivity contribution is -0.123. The van der Waals surface area contributed by atoms with E-state index in [4.69, 9.17) is 16.6 Å². The molecule has 0 bridgehead atoms. The molecule has 1 aliphatic heterocycles. The fraction of sp³-hybridized carbons (Fsp3) is 0.320. The highest BCUT2D eigenvalue weighted by Gasteiger charge is 2.37. The summed E-state index contributed by atoms with van der Waals surface area (Å²) in [5, 5.41) is 0.603. The average molecular weight is 561 g/mol. The number of carbonyl (C=O) groups excluding carboxylic acids is 1. The second kappa shape index (κ2) is 10.5. The number of carbonyl (C=O) groups is 1. The summed E-state index contributed by atoms with van der Waals surface area (Å²) in [7, 11) is -3.72. The van der Waals surface area contributed by atoms with E-state index in [1.807, 2.05) is 30.3 Å². The number of fused-ring (bicyclic) bond motifs is 1. The topological polar surface area (TPSA) is 83.5 Å². The van der Waals surface area contributed by atoms with Gasteiger partial charge in [0.2, 0.25) is 5.91 Å². The molecule has 36 heavy (non-hydrogen) atoms. The molecule has 0 saturated carbocycles. The molecule has 4 aromatic rings. The highest BCUT2D eigenvalue weighted by molar-refractivity contribution is 7.91. The quantitative estimate of drug-likeness (QED) is 0.294. The van der Waals surface area contributed by atoms with Crippen LogP contribution in [0, 0.1) is 5.92 Å². The first kappa shape index (κ1) is 25.3. The first-order chi connectivity index (χ1) is 17.4. The lowest BCUT2D eigenvalue weighted by Gasteiger charge is -2.33. The summed E-state index contributed by atoms with van der Waals surface area (Å²) < 4.78 is 29.5. The van der Waals surface area contributed by atoms with Gasteiger partial charge in [0.1, 0.15) is 4.21 Å². The van der Waals surface area contributed by atoms with Gasteiger partial charge >= 0.3 is 0 Å². The van der Waals surface area contributed by atoms with Gasteiger partial charge in [0.15, 0.2) is 5.13 Å². The predicted octanol–water partition coefficient (Wildman–Crippen LogP) is 5.60. The van der Waals surface area contributed by atoms with Crippen molar-refractivity contribution in [3.8, 4) is 0 Å². The molecule has 3 aromatic heterocycles. The zero-order chi connectivity index (χ0) is 25.3. The van der Waals surface area contributed by atoms with Crippen LogP contribution in [-0.2, 0) is 27.8 Å². The molecule has 0 aliphatic carbocycles. The molecule has 11 heteroatoms. The van der Waals surface area contributed by atoms with Crippen LogP contribution < -0.4 is 4.90 Å². The number of hydrogen-bond acceptors (Lipinski definition) is 7. The van der Waals surface area contributed by atoms with Gasteiger partial charge in [-0.2, -0.15) is 4.31 Å². The van der Waals surface area contributed by atoms with Gasteiger partial charge in [-0.1, -0.05) is 48.1 Å². The number of pyridine rings is 1. The molecule has 7 nitrogen and oxygen atoms in total. The minimum Gasteiger partial charge on any atom is -0.282 e. The smallest absolute Gasteiger partial charge is 0.252 e. The third-order valence-electron chi connectivity index (χ3n) is 6.29. The molecule has 1 saturated heterocycles. The molecule has 4 heterocycles. The number of amides is 1. The Bertz CT molecular complexity index is 1490. The normalized spacial score (nSPS) is 16.9. The minimum atomic E-state index is -3.72. The first-order valence-corrected chi connectivity index (χ1v) is 15.2. The maximum atomic E-state index is 14.0. The third kappa shape index (κ3) is 5.05. The summed E-state index contributed by atoms with van der Waals surface area (Å²) in [6.07, 6.45) is 3.76. The van der Waals surface area contributed by atoms with Crippen molar-refractivity contribution in [2.24, 2.45) is 5.92 Å². The van der Waals surface area contributed by atoms with E-state index < -0.39 is 15.9 Å². The molecule has 5 rings (SSSR count). The van der Waals surface area contributed by atoms with Gasteiger partial charge in [0.25, 0.3) is 10.0 Å². The zero-order valence-corrected chi connectivity index (χ0v) is 22.8. The molecule has 1 amide bonds. The Morgan fingerprint density at radius 2 is 2.03 bits per heavy atom. The Kier molecular flexibility index (Phi) is 7.41. The number of rotatable bonds is 7. The molecule has 1 fully saturated rings. The van der Waals surface area contributed by atoms with E-state index in [0.29, 0.717) is 28.9 Å². The lowest BCUT2D eigenvalue weighted by atomic mass is 9.98. The largest absolute Gasteiger partial charge is 0.282 e. The first-order valence-electron chi connectivity index (χ1n) is 11.7. The molecule has 0 N–H and O–H groups in total. The number of piperidine rings is 1. The molecule has 1 aliphatic rings. The van der Waals surface area contributed by atoms with Crippen molar-refractivity contribution in [1.29, 1.82) is 0 Å². The van der Waals surface area contributed by atoms with Gasteiger partial charge in [-0.15, -0.1) is 11.3 Å². The van der Waals surface area contributed by atoms with Crippen molar-refractivity contribution in [3.63, 3.8) is 0 Å². The van der Waals surface area contributed by atoms with E-state index in [1.165, 1.54) is 21.7 Å². The molecule has 1 aromatic carbocycles. The van der Waals surface area contributed by atoms with E-state index in [9.17, 15) is 13.2 Å². The van der Waals surface area contributed by atoms with Crippen LogP contribution in [0.2, 0.25) is 4.34 Å². The van der Waals surface area contributed by atoms with Crippen LogP contribution in [0.3, 0.4) is 0 Å². The van der Waals surface area contributed by atoms with Crippen molar-refractivity contribution in [2.45, 2.75) is 36.9 Å². The Morgan fingerprint density at radius 1 is 1.17 bits per heavy atom. The number of anilines is 1. The number of thiazole rings is 1. The van der Waals surface area contributed by atoms with Gasteiger partial charge in [0.05, 0.1) is 32.7 Å². The van der Waals surface area contributed by atoms with Gasteiger partial charge in [-0.3, -0.25) is 14.7 Å². The van der Waals surface area contributed by atoms with Crippen LogP contribution in [0.4, 0.5) is 5.13 Å². The lowest BCUT2D eigenvalue weighted by Crippen LogP contribution is -2.46. The van der Waals surface area contributed by atoms with Gasteiger partial charge in [-0.25, -0.2) is 13.4 Å². The SMILES string of the molecule is CCc1cccc2sc(N(Cc3ccccn3)C(=O)C3CCCN(S(=O)(=O)c4ccc(Cl)s4)C3)nc12. The Labute approximate surface area is 223 Å². The third-order valence-corrected chi connectivity index (χ3v) is 10.9. The van der Waals surface area contributed by atoms with Crippen molar-refractivity contribution in [1.82, 2.24) is 14.3 Å². The number of para-hydroxylation sites is 1. The number of nitrogens with zero attached hydrogens (tertiary/aromatic N) is 4. The summed E-state index contributed by atoms with van der Waals surface area (Å²) >= 11 is 8.50. The Balaban J connectivity index is 1.47. The summed E-state index contributed by atoms with van der Waals surface area (Å²) in [4.78, 5) is 24.9. The number of halogens is 1. The molecule has 188 valence electrons. The molecule has 0 radical (unpaired) electrons. The summed E-state index contributed by atoms with van der Waals surface area (Å²) in [6, 6.07) is 14.8. The Hall–Kier alpha value is -2.37. The summed E-state index contributed by atoms with van der Waals surface area (Å²) in [6.45, 7) is 2.86. The fourth-order valence-corrected chi connectivity index (χ4v) is 8.61. The van der Waals surface area contributed by atoms with Gasteiger partial charge < -0.3 is 0 Å². The van der Waals surface area contributed by atoms with Crippen LogP contribution in [0.5, 0.6) is 0 Å². The number of aromatic nitrogens is 2. The maximum absolute atomic E-state index is 14.0. The van der Waals surface area contributed by atoms with Crippen LogP contribution in [0.25, 0.3) is 10.2 Å². The summed E-state index contributed by atoms with van der Waals surface area (Å²) in [5.74, 6) is -0.618. The van der Waals surface area contributed by atoms with Crippen LogP contribution >= 0.6 is 34.3 Å². The van der Waals surface area contributed by atoms with Crippen molar-refractivity contribution in [3.05, 3.63) is 70.3 Å². The van der Waals surface area contributed by atoms with Crippen LogP contribution in [0.15, 0.2) is 58.9 Å². The van der Waals surface area contributed by atoms with E-state index in [1.54, 1.807) is 17.2 Å². The molecular formula is C25H25ClN4O3S3. The molecule has 1 atom stereocenters. The number of benzene rings is 1. The van der Waals surface area contributed by atoms with Crippen LogP contribution in [-0.4, -0.2) is 41.7 Å². The van der Waals surface area contributed by atoms with Crippen molar-refractivity contribution in [2.75, 3.05) is 18.0 Å². The van der Waals surface area contributed by atoms with Crippen molar-refractivity contribution < 1.29 is 13.2 Å². The molecule has 1 unspecified atom stereocenters. The number of aryl methyl sites for hydroxylation is 1. The average Bonchev–Trinajstić information content (AvgIpc) is 3.54. The zero-order valence-electron chi connectivity index (χ0n) is 19.6. The van der Waals surface area contributed by atoms with E-state index in [-0.39, 0.29) is 23.2 Å². The second-order valence-electron chi connectivity index (χ2n) is 8.62. The predicted molar refractivity (Wildman–Crippen MR) is 145 cm³/mol.